The largest absolute Gasteiger partial charge is 0.326 e. The molecule has 1 aromatic carbocycles. The van der Waals surface area contributed by atoms with Gasteiger partial charge in [-0.15, -0.1) is 0 Å². The fourth-order valence-electron chi connectivity index (χ4n) is 2.98. The predicted molar refractivity (Wildman–Crippen MR) is 71.8 cm³/mol. The summed E-state index contributed by atoms with van der Waals surface area (Å²) in [4.78, 5) is 12.1. The van der Waals surface area contributed by atoms with Gasteiger partial charge in [0.2, 0.25) is 5.91 Å². The van der Waals surface area contributed by atoms with Gasteiger partial charge in [0.1, 0.15) is 0 Å². The van der Waals surface area contributed by atoms with E-state index in [1.54, 1.807) is 0 Å². The molecule has 0 saturated heterocycles. The molecule has 2 nitrogen and oxygen atoms in total. The normalized spacial score (nSPS) is 29.9. The van der Waals surface area contributed by atoms with E-state index >= 15 is 0 Å². The van der Waals surface area contributed by atoms with Crippen molar-refractivity contribution in [1.82, 2.24) is 0 Å². The monoisotopic (exact) mass is 293 g/mol. The van der Waals surface area contributed by atoms with E-state index in [0.717, 1.165) is 40.4 Å². The van der Waals surface area contributed by atoms with Gasteiger partial charge < -0.3 is 5.32 Å². The van der Waals surface area contributed by atoms with Crippen LogP contribution in [-0.4, -0.2) is 5.91 Å². The number of rotatable bonds is 2. The van der Waals surface area contributed by atoms with Crippen LogP contribution in [0.2, 0.25) is 0 Å². The Balaban J connectivity index is 1.67. The third-order valence-corrected chi connectivity index (χ3v) is 4.38. The second-order valence-electron chi connectivity index (χ2n) is 5.43. The number of benzene rings is 1. The maximum absolute atomic E-state index is 12.1. The molecule has 3 heteroatoms. The van der Waals surface area contributed by atoms with Gasteiger partial charge in [-0.2, -0.15) is 0 Å². The second kappa shape index (κ2) is 4.13. The van der Waals surface area contributed by atoms with E-state index in [0.29, 0.717) is 0 Å². The summed E-state index contributed by atoms with van der Waals surface area (Å²) in [5.74, 6) is 2.16. The highest BCUT2D eigenvalue weighted by molar-refractivity contribution is 9.10. The average Bonchev–Trinajstić information content (AvgIpc) is 2.84. The van der Waals surface area contributed by atoms with Gasteiger partial charge in [0.05, 0.1) is 0 Å². The molecule has 2 unspecified atom stereocenters. The summed E-state index contributed by atoms with van der Waals surface area (Å²) in [6, 6.07) is 6.01. The van der Waals surface area contributed by atoms with Crippen LogP contribution < -0.4 is 5.32 Å². The zero-order valence-corrected chi connectivity index (χ0v) is 11.5. The number of fused-ring (bicyclic) bond motifs is 1. The fourth-order valence-corrected chi connectivity index (χ4v) is 3.59. The SMILES string of the molecule is Cc1cc(Br)cc(NC(=O)C2CC3CC3C2)c1. The first kappa shape index (κ1) is 11.3. The van der Waals surface area contributed by atoms with Gasteiger partial charge in [0, 0.05) is 16.1 Å². The maximum Gasteiger partial charge on any atom is 0.227 e. The number of aryl methyl sites for hydroxylation is 1. The average molecular weight is 294 g/mol. The molecule has 0 bridgehead atoms. The third kappa shape index (κ3) is 2.39. The lowest BCUT2D eigenvalue weighted by Gasteiger charge is -2.13. The lowest BCUT2D eigenvalue weighted by atomic mass is 10.0. The van der Waals surface area contributed by atoms with E-state index in [2.05, 4.69) is 21.2 Å². The molecule has 1 amide bonds. The van der Waals surface area contributed by atoms with Gasteiger partial charge in [-0.05, 0) is 61.8 Å². The Kier molecular flexibility index (Phi) is 2.74. The molecule has 0 aliphatic heterocycles. The van der Waals surface area contributed by atoms with E-state index in [-0.39, 0.29) is 11.8 Å². The number of nitrogens with one attached hydrogen (secondary N) is 1. The van der Waals surface area contributed by atoms with Crippen LogP contribution in [0.3, 0.4) is 0 Å². The first-order chi connectivity index (χ1) is 8.11. The second-order valence-corrected chi connectivity index (χ2v) is 6.35. The summed E-state index contributed by atoms with van der Waals surface area (Å²) in [5, 5.41) is 3.04. The summed E-state index contributed by atoms with van der Waals surface area (Å²) in [5.41, 5.74) is 2.06. The molecular formula is C14H16BrNO. The molecule has 90 valence electrons. The summed E-state index contributed by atoms with van der Waals surface area (Å²) >= 11 is 3.45. The van der Waals surface area contributed by atoms with Gasteiger partial charge in [-0.1, -0.05) is 15.9 Å². The minimum atomic E-state index is 0.203. The van der Waals surface area contributed by atoms with Crippen LogP contribution in [0.15, 0.2) is 22.7 Å². The minimum absolute atomic E-state index is 0.203. The standard InChI is InChI=1S/C14H16BrNO/c1-8-2-12(15)7-13(3-8)16-14(17)11-5-9-4-10(9)6-11/h2-3,7,9-11H,4-6H2,1H3,(H,16,17). The van der Waals surface area contributed by atoms with Crippen LogP contribution in [0.1, 0.15) is 24.8 Å². The summed E-state index contributed by atoms with van der Waals surface area (Å²) in [6.07, 6.45) is 3.56. The number of hydrogen-bond acceptors (Lipinski definition) is 1. The number of halogens is 1. The first-order valence-electron chi connectivity index (χ1n) is 6.20. The molecule has 0 heterocycles. The summed E-state index contributed by atoms with van der Waals surface area (Å²) < 4.78 is 1.02. The number of amides is 1. The molecule has 2 atom stereocenters. The van der Waals surface area contributed by atoms with Crippen molar-refractivity contribution in [2.75, 3.05) is 5.32 Å². The molecule has 1 aromatic rings. The van der Waals surface area contributed by atoms with Crippen molar-refractivity contribution >= 4 is 27.5 Å². The van der Waals surface area contributed by atoms with Crippen LogP contribution >= 0.6 is 15.9 Å². The Morgan fingerprint density at radius 1 is 1.24 bits per heavy atom. The highest BCUT2D eigenvalue weighted by Crippen LogP contribution is 2.54. The molecule has 0 radical (unpaired) electrons. The number of carbonyl (C=O) groups is 1. The Labute approximate surface area is 110 Å². The Hall–Kier alpha value is -0.830. The fraction of sp³-hybridized carbons (Fsp3) is 0.500. The van der Waals surface area contributed by atoms with E-state index < -0.39 is 0 Å². The summed E-state index contributed by atoms with van der Waals surface area (Å²) in [6.45, 7) is 2.03. The van der Waals surface area contributed by atoms with Crippen molar-refractivity contribution < 1.29 is 4.79 Å². The highest BCUT2D eigenvalue weighted by Gasteiger charge is 2.47. The van der Waals surface area contributed by atoms with E-state index in [4.69, 9.17) is 0 Å². The van der Waals surface area contributed by atoms with E-state index in [1.165, 1.54) is 6.42 Å². The molecular weight excluding hydrogens is 278 g/mol. The van der Waals surface area contributed by atoms with Crippen molar-refractivity contribution in [3.63, 3.8) is 0 Å². The van der Waals surface area contributed by atoms with Crippen molar-refractivity contribution in [3.05, 3.63) is 28.2 Å². The van der Waals surface area contributed by atoms with Crippen LogP contribution in [0, 0.1) is 24.7 Å². The van der Waals surface area contributed by atoms with Crippen molar-refractivity contribution in [3.8, 4) is 0 Å². The molecule has 2 fully saturated rings. The molecule has 1 N–H and O–H groups in total. The van der Waals surface area contributed by atoms with E-state index in [9.17, 15) is 4.79 Å². The quantitative estimate of drug-likeness (QED) is 0.884. The topological polar surface area (TPSA) is 29.1 Å². The zero-order chi connectivity index (χ0) is 12.0. The van der Waals surface area contributed by atoms with Crippen LogP contribution in [0.4, 0.5) is 5.69 Å². The van der Waals surface area contributed by atoms with Gasteiger partial charge in [0.25, 0.3) is 0 Å². The van der Waals surface area contributed by atoms with Crippen LogP contribution in [0.25, 0.3) is 0 Å². The summed E-state index contributed by atoms with van der Waals surface area (Å²) in [7, 11) is 0. The molecule has 2 saturated carbocycles. The molecule has 2 aliphatic rings. The Morgan fingerprint density at radius 3 is 2.59 bits per heavy atom. The predicted octanol–water partition coefficient (Wildman–Crippen LogP) is 3.74. The molecule has 3 rings (SSSR count). The van der Waals surface area contributed by atoms with Crippen LogP contribution in [-0.2, 0) is 4.79 Å². The number of carbonyl (C=O) groups excluding carboxylic acids is 1. The number of anilines is 1. The van der Waals surface area contributed by atoms with Crippen molar-refractivity contribution in [1.29, 1.82) is 0 Å². The minimum Gasteiger partial charge on any atom is -0.326 e. The van der Waals surface area contributed by atoms with Gasteiger partial charge in [-0.3, -0.25) is 4.79 Å². The van der Waals surface area contributed by atoms with E-state index in [1.807, 2.05) is 25.1 Å². The Morgan fingerprint density at radius 2 is 1.94 bits per heavy atom. The van der Waals surface area contributed by atoms with Gasteiger partial charge in [0.15, 0.2) is 0 Å². The van der Waals surface area contributed by atoms with Crippen LogP contribution in [0.5, 0.6) is 0 Å². The van der Waals surface area contributed by atoms with Crippen molar-refractivity contribution in [2.24, 2.45) is 17.8 Å². The van der Waals surface area contributed by atoms with Gasteiger partial charge in [-0.25, -0.2) is 0 Å². The highest BCUT2D eigenvalue weighted by atomic mass is 79.9. The Bertz CT molecular complexity index is 441. The van der Waals surface area contributed by atoms with Gasteiger partial charge >= 0.3 is 0 Å². The third-order valence-electron chi connectivity index (χ3n) is 3.92. The number of hydrogen-bond donors (Lipinski definition) is 1. The smallest absolute Gasteiger partial charge is 0.227 e. The molecule has 2 aliphatic carbocycles. The first-order valence-corrected chi connectivity index (χ1v) is 6.99. The van der Waals surface area contributed by atoms with Crippen molar-refractivity contribution in [2.45, 2.75) is 26.2 Å². The molecule has 17 heavy (non-hydrogen) atoms. The maximum atomic E-state index is 12.1. The molecule has 0 spiro atoms. The molecule has 0 aromatic heterocycles. The lowest BCUT2D eigenvalue weighted by Crippen LogP contribution is -2.21. The zero-order valence-electron chi connectivity index (χ0n) is 9.87. The lowest BCUT2D eigenvalue weighted by molar-refractivity contribution is -0.120.